The first-order chi connectivity index (χ1) is 12.7. The van der Waals surface area contributed by atoms with Gasteiger partial charge >= 0.3 is 0 Å². The van der Waals surface area contributed by atoms with Crippen LogP contribution in [0, 0.1) is 6.92 Å². The molecule has 1 aliphatic heterocycles. The number of aromatic amines is 1. The van der Waals surface area contributed by atoms with Crippen LogP contribution in [-0.4, -0.2) is 28.9 Å². The first-order valence-electron chi connectivity index (χ1n) is 9.31. The second kappa shape index (κ2) is 7.20. The Balaban J connectivity index is 1.44. The Hall–Kier alpha value is -2.81. The molecule has 3 heteroatoms. The maximum Gasteiger partial charge on any atom is 0.223 e. The lowest BCUT2D eigenvalue weighted by molar-refractivity contribution is -0.130. The van der Waals surface area contributed by atoms with Gasteiger partial charge in [0.05, 0.1) is 0 Å². The number of nitrogens with one attached hydrogen (secondary N) is 1. The third kappa shape index (κ3) is 3.30. The van der Waals surface area contributed by atoms with Gasteiger partial charge in [0.1, 0.15) is 0 Å². The predicted octanol–water partition coefficient (Wildman–Crippen LogP) is 4.72. The van der Waals surface area contributed by atoms with E-state index in [9.17, 15) is 4.79 Å². The molecule has 0 saturated carbocycles. The lowest BCUT2D eigenvalue weighted by Gasteiger charge is -2.27. The maximum absolute atomic E-state index is 12.5. The van der Waals surface area contributed by atoms with Gasteiger partial charge in [-0.1, -0.05) is 54.6 Å². The molecule has 1 aromatic heterocycles. The number of fused-ring (bicyclic) bond motifs is 1. The highest BCUT2D eigenvalue weighted by atomic mass is 16.2. The summed E-state index contributed by atoms with van der Waals surface area (Å²) in [5, 5.41) is 1.28. The molecule has 0 unspecified atom stereocenters. The van der Waals surface area contributed by atoms with E-state index in [0.717, 1.165) is 19.4 Å². The zero-order valence-electron chi connectivity index (χ0n) is 15.2. The summed E-state index contributed by atoms with van der Waals surface area (Å²) in [7, 11) is 0. The largest absolute Gasteiger partial charge is 0.358 e. The van der Waals surface area contributed by atoms with Crippen molar-refractivity contribution in [1.82, 2.24) is 9.88 Å². The number of nitrogens with zero attached hydrogens (tertiary/aromatic N) is 1. The van der Waals surface area contributed by atoms with Crippen molar-refractivity contribution in [3.05, 3.63) is 77.5 Å². The zero-order chi connectivity index (χ0) is 17.9. The summed E-state index contributed by atoms with van der Waals surface area (Å²) in [4.78, 5) is 18.0. The number of carbonyl (C=O) groups excluding carboxylic acids is 1. The molecule has 0 bridgehead atoms. The van der Waals surface area contributed by atoms with Crippen molar-refractivity contribution in [3.63, 3.8) is 0 Å². The van der Waals surface area contributed by atoms with E-state index in [0.29, 0.717) is 13.0 Å². The van der Waals surface area contributed by atoms with Crippen molar-refractivity contribution in [2.45, 2.75) is 26.2 Å². The lowest BCUT2D eigenvalue weighted by Crippen LogP contribution is -2.34. The minimum atomic E-state index is 0.250. The minimum absolute atomic E-state index is 0.250. The monoisotopic (exact) mass is 344 g/mol. The van der Waals surface area contributed by atoms with Gasteiger partial charge in [-0.05, 0) is 37.0 Å². The van der Waals surface area contributed by atoms with E-state index in [1.807, 2.05) is 23.1 Å². The quantitative estimate of drug-likeness (QED) is 0.730. The van der Waals surface area contributed by atoms with E-state index in [-0.39, 0.29) is 5.91 Å². The number of aromatic nitrogens is 1. The third-order valence-corrected chi connectivity index (χ3v) is 5.25. The molecule has 1 N–H and O–H groups in total. The first-order valence-corrected chi connectivity index (χ1v) is 9.31. The number of H-pyrrole nitrogens is 1. The Kier molecular flexibility index (Phi) is 4.61. The summed E-state index contributed by atoms with van der Waals surface area (Å²) in [5.74, 6) is 0.250. The average molecular weight is 344 g/mol. The molecule has 2 aromatic carbocycles. The molecular formula is C23H24N2O. The van der Waals surface area contributed by atoms with Crippen molar-refractivity contribution in [3.8, 4) is 0 Å². The molecule has 3 aromatic rings. The fourth-order valence-corrected chi connectivity index (χ4v) is 3.87. The highest BCUT2D eigenvalue weighted by Gasteiger charge is 2.20. The van der Waals surface area contributed by atoms with Crippen LogP contribution in [0.1, 0.15) is 29.7 Å². The molecule has 4 rings (SSSR count). The fraction of sp³-hybridized carbons (Fsp3) is 0.261. The van der Waals surface area contributed by atoms with Gasteiger partial charge in [-0.25, -0.2) is 0 Å². The summed E-state index contributed by atoms with van der Waals surface area (Å²) in [5.41, 5.74) is 6.29. The van der Waals surface area contributed by atoms with Gasteiger partial charge < -0.3 is 9.88 Å². The summed E-state index contributed by atoms with van der Waals surface area (Å²) < 4.78 is 0. The number of benzene rings is 2. The van der Waals surface area contributed by atoms with E-state index >= 15 is 0 Å². The van der Waals surface area contributed by atoms with Crippen LogP contribution in [0.25, 0.3) is 16.5 Å². The standard InChI is InChI=1S/C23H24N2O/c1-17-23(20-9-5-6-10-21(20)24-17)19-13-15-25(16-14-19)22(26)12-11-18-7-3-2-4-8-18/h2-10,13,24H,11-12,14-16H2,1H3. The molecule has 3 nitrogen and oxygen atoms in total. The van der Waals surface area contributed by atoms with Gasteiger partial charge in [0, 0.05) is 41.7 Å². The molecule has 1 aliphatic rings. The number of amides is 1. The summed E-state index contributed by atoms with van der Waals surface area (Å²) in [6.45, 7) is 3.65. The molecule has 132 valence electrons. The minimum Gasteiger partial charge on any atom is -0.358 e. The van der Waals surface area contributed by atoms with Crippen molar-refractivity contribution < 1.29 is 4.79 Å². The van der Waals surface area contributed by atoms with Crippen LogP contribution in [0.5, 0.6) is 0 Å². The van der Waals surface area contributed by atoms with Gasteiger partial charge in [0.2, 0.25) is 5.91 Å². The molecular weight excluding hydrogens is 320 g/mol. The normalized spacial score (nSPS) is 14.5. The Morgan fingerprint density at radius 1 is 1.08 bits per heavy atom. The van der Waals surface area contributed by atoms with Gasteiger partial charge in [0.25, 0.3) is 0 Å². The fourth-order valence-electron chi connectivity index (χ4n) is 3.87. The van der Waals surface area contributed by atoms with E-state index in [1.165, 1.54) is 33.3 Å². The summed E-state index contributed by atoms with van der Waals surface area (Å²) in [6, 6.07) is 18.7. The zero-order valence-corrected chi connectivity index (χ0v) is 15.2. The molecule has 0 aliphatic carbocycles. The number of aryl methyl sites for hydroxylation is 2. The van der Waals surface area contributed by atoms with Crippen LogP contribution < -0.4 is 0 Å². The number of hydrogen-bond donors (Lipinski definition) is 1. The molecule has 1 amide bonds. The first kappa shape index (κ1) is 16.6. The molecule has 0 radical (unpaired) electrons. The SMILES string of the molecule is Cc1[nH]c2ccccc2c1C1=CCN(C(=O)CCc2ccccc2)CC1. The smallest absolute Gasteiger partial charge is 0.223 e. The van der Waals surface area contributed by atoms with Gasteiger partial charge in [-0.3, -0.25) is 4.79 Å². The number of rotatable bonds is 4. The van der Waals surface area contributed by atoms with E-state index in [2.05, 4.69) is 54.4 Å². The van der Waals surface area contributed by atoms with Crippen molar-refractivity contribution >= 4 is 22.4 Å². The highest BCUT2D eigenvalue weighted by molar-refractivity contribution is 5.94. The Morgan fingerprint density at radius 3 is 2.62 bits per heavy atom. The lowest BCUT2D eigenvalue weighted by atomic mass is 9.96. The van der Waals surface area contributed by atoms with Crippen LogP contribution in [0.3, 0.4) is 0 Å². The molecule has 2 heterocycles. The summed E-state index contributed by atoms with van der Waals surface area (Å²) >= 11 is 0. The van der Waals surface area contributed by atoms with E-state index in [1.54, 1.807) is 0 Å². The highest BCUT2D eigenvalue weighted by Crippen LogP contribution is 2.32. The molecule has 0 saturated heterocycles. The van der Waals surface area contributed by atoms with Crippen LogP contribution in [-0.2, 0) is 11.2 Å². The predicted molar refractivity (Wildman–Crippen MR) is 107 cm³/mol. The van der Waals surface area contributed by atoms with Crippen LogP contribution in [0.2, 0.25) is 0 Å². The molecule has 0 fully saturated rings. The molecule has 0 spiro atoms. The van der Waals surface area contributed by atoms with Gasteiger partial charge in [0.15, 0.2) is 0 Å². The second-order valence-electron chi connectivity index (χ2n) is 6.98. The van der Waals surface area contributed by atoms with Gasteiger partial charge in [-0.15, -0.1) is 0 Å². The van der Waals surface area contributed by atoms with Crippen molar-refractivity contribution in [2.75, 3.05) is 13.1 Å². The molecule has 26 heavy (non-hydrogen) atoms. The summed E-state index contributed by atoms with van der Waals surface area (Å²) in [6.07, 6.45) is 4.54. The second-order valence-corrected chi connectivity index (χ2v) is 6.98. The van der Waals surface area contributed by atoms with Crippen molar-refractivity contribution in [1.29, 1.82) is 0 Å². The maximum atomic E-state index is 12.5. The Morgan fingerprint density at radius 2 is 1.85 bits per heavy atom. The van der Waals surface area contributed by atoms with Crippen LogP contribution >= 0.6 is 0 Å². The topological polar surface area (TPSA) is 36.1 Å². The molecule has 0 atom stereocenters. The Bertz CT molecular complexity index is 953. The number of para-hydroxylation sites is 1. The van der Waals surface area contributed by atoms with E-state index in [4.69, 9.17) is 0 Å². The number of hydrogen-bond acceptors (Lipinski definition) is 1. The number of carbonyl (C=O) groups is 1. The van der Waals surface area contributed by atoms with E-state index < -0.39 is 0 Å². The Labute approximate surface area is 154 Å². The van der Waals surface area contributed by atoms with Gasteiger partial charge in [-0.2, -0.15) is 0 Å². The van der Waals surface area contributed by atoms with Crippen LogP contribution in [0.15, 0.2) is 60.7 Å². The van der Waals surface area contributed by atoms with Crippen LogP contribution in [0.4, 0.5) is 0 Å². The third-order valence-electron chi connectivity index (χ3n) is 5.25. The van der Waals surface area contributed by atoms with Crippen molar-refractivity contribution in [2.24, 2.45) is 0 Å². The average Bonchev–Trinajstić information content (AvgIpc) is 3.03.